The van der Waals surface area contributed by atoms with Crippen LogP contribution in [0.5, 0.6) is 5.75 Å². The van der Waals surface area contributed by atoms with E-state index in [4.69, 9.17) is 27.5 Å². The van der Waals surface area contributed by atoms with Crippen molar-refractivity contribution in [3.05, 3.63) is 44.4 Å². The van der Waals surface area contributed by atoms with Gasteiger partial charge in [0.05, 0.1) is 30.6 Å². The molecule has 0 saturated carbocycles. The third kappa shape index (κ3) is 7.12. The molecule has 4 heterocycles. The Bertz CT molecular complexity index is 1600. The average molecular weight is 648 g/mol. The first-order valence-corrected chi connectivity index (χ1v) is 15.8. The van der Waals surface area contributed by atoms with Gasteiger partial charge in [0, 0.05) is 42.6 Å². The van der Waals surface area contributed by atoms with Gasteiger partial charge in [-0.25, -0.2) is 9.38 Å². The Hall–Kier alpha value is -3.24. The molecule has 0 fully saturated rings. The Labute approximate surface area is 264 Å². The van der Waals surface area contributed by atoms with Gasteiger partial charge < -0.3 is 18.9 Å². The van der Waals surface area contributed by atoms with E-state index < -0.39 is 5.82 Å². The topological polar surface area (TPSA) is 89.3 Å². The van der Waals surface area contributed by atoms with Crippen molar-refractivity contribution in [2.75, 3.05) is 42.5 Å². The van der Waals surface area contributed by atoms with Gasteiger partial charge in [-0.1, -0.05) is 19.8 Å². The van der Waals surface area contributed by atoms with Gasteiger partial charge in [0.25, 0.3) is 5.91 Å². The summed E-state index contributed by atoms with van der Waals surface area (Å²) in [7, 11) is 1.63. The molecule has 0 N–H and O–H groups in total. The Morgan fingerprint density at radius 2 is 2.14 bits per heavy atom. The van der Waals surface area contributed by atoms with Crippen LogP contribution < -0.4 is 19.3 Å². The predicted molar refractivity (Wildman–Crippen MR) is 169 cm³/mol. The first-order chi connectivity index (χ1) is 20.4. The standard InChI is InChI=1S/C18H17FN4O2S.C12H18ClNO2S/c1-4-5-22-13-7-12(11(19)6-14(13)25-9-16(22)24)20-17-23-10-18(2,3)8-15(23)21-26-17;1-8-7-17-10(3)12(8)14(11(15)5-13)9(2)6-16-4/h1,6-7H,5,8-10H2,2-3H3;7,9H,5-6H2,1-4H3. The lowest BCUT2D eigenvalue weighted by Gasteiger charge is -2.29. The van der Waals surface area contributed by atoms with Crippen LogP contribution in [0.25, 0.3) is 0 Å². The summed E-state index contributed by atoms with van der Waals surface area (Å²) in [5.41, 5.74) is 2.76. The number of aromatic nitrogens is 2. The number of fused-ring (bicyclic) bond motifs is 2. The number of hydrogen-bond donors (Lipinski definition) is 0. The summed E-state index contributed by atoms with van der Waals surface area (Å²) in [4.78, 5) is 33.4. The zero-order valence-corrected chi connectivity index (χ0v) is 27.5. The number of aryl methyl sites for hydroxylation is 2. The number of halogens is 2. The van der Waals surface area contributed by atoms with Crippen LogP contribution in [0.15, 0.2) is 22.5 Å². The molecule has 0 radical (unpaired) electrons. The van der Waals surface area contributed by atoms with E-state index in [1.54, 1.807) is 23.3 Å². The van der Waals surface area contributed by atoms with Gasteiger partial charge in [-0.2, -0.15) is 4.37 Å². The number of methoxy groups -OCH3 is 1. The predicted octanol–water partition coefficient (Wildman–Crippen LogP) is 5.23. The Morgan fingerprint density at radius 1 is 1.40 bits per heavy atom. The molecule has 1 atom stereocenters. The molecule has 0 saturated heterocycles. The molecular formula is C30H35ClFN5O4S2. The number of rotatable bonds is 7. The van der Waals surface area contributed by atoms with Crippen LogP contribution in [0, 0.1) is 37.4 Å². The molecule has 1 unspecified atom stereocenters. The first-order valence-electron chi connectivity index (χ1n) is 13.6. The van der Waals surface area contributed by atoms with Gasteiger partial charge in [0.1, 0.15) is 23.1 Å². The van der Waals surface area contributed by atoms with Gasteiger partial charge in [0.15, 0.2) is 12.4 Å². The van der Waals surface area contributed by atoms with Gasteiger partial charge in [0.2, 0.25) is 10.7 Å². The fourth-order valence-corrected chi connectivity index (χ4v) is 6.87. The smallest absolute Gasteiger partial charge is 0.265 e. The summed E-state index contributed by atoms with van der Waals surface area (Å²) < 4.78 is 31.4. The number of benzene rings is 1. The van der Waals surface area contributed by atoms with Crippen LogP contribution in [0.1, 0.15) is 37.0 Å². The lowest BCUT2D eigenvalue weighted by molar-refractivity contribution is -0.121. The zero-order chi connectivity index (χ0) is 31.5. The number of carbonyl (C=O) groups excluding carboxylic acids is 2. The minimum absolute atomic E-state index is 0.0111. The third-order valence-corrected chi connectivity index (χ3v) is 9.05. The molecule has 2 aliphatic rings. The molecule has 2 aliphatic heterocycles. The van der Waals surface area contributed by atoms with Gasteiger partial charge in [-0.05, 0) is 43.2 Å². The second-order valence-corrected chi connectivity index (χ2v) is 13.3. The maximum Gasteiger partial charge on any atom is 0.265 e. The molecule has 13 heteroatoms. The summed E-state index contributed by atoms with van der Waals surface area (Å²) >= 11 is 8.57. The van der Waals surface area contributed by atoms with Crippen molar-refractivity contribution in [2.24, 2.45) is 10.4 Å². The number of carbonyl (C=O) groups is 2. The Kier molecular flexibility index (Phi) is 10.3. The summed E-state index contributed by atoms with van der Waals surface area (Å²) in [6.07, 6.45) is 6.22. The number of thiophene rings is 1. The van der Waals surface area contributed by atoms with Crippen LogP contribution >= 0.6 is 34.5 Å². The van der Waals surface area contributed by atoms with Crippen LogP contribution in [0.3, 0.4) is 0 Å². The minimum atomic E-state index is -0.515. The molecule has 3 aromatic rings. The largest absolute Gasteiger partial charge is 0.481 e. The molecule has 0 aliphatic carbocycles. The molecule has 0 spiro atoms. The van der Waals surface area contributed by atoms with E-state index in [2.05, 4.69) is 34.5 Å². The van der Waals surface area contributed by atoms with E-state index in [1.807, 2.05) is 25.3 Å². The molecule has 43 heavy (non-hydrogen) atoms. The highest BCUT2D eigenvalue weighted by molar-refractivity contribution is 7.10. The minimum Gasteiger partial charge on any atom is -0.481 e. The molecule has 0 bridgehead atoms. The van der Waals surface area contributed by atoms with Crippen molar-refractivity contribution in [1.29, 1.82) is 0 Å². The highest BCUT2D eigenvalue weighted by atomic mass is 35.5. The highest BCUT2D eigenvalue weighted by Gasteiger charge is 2.31. The third-order valence-electron chi connectivity index (χ3n) is 7.03. The number of terminal acetylenes is 1. The maximum absolute atomic E-state index is 14.5. The number of anilines is 2. The zero-order valence-electron chi connectivity index (χ0n) is 25.1. The van der Waals surface area contributed by atoms with Crippen molar-refractivity contribution in [1.82, 2.24) is 8.94 Å². The molecule has 2 aromatic heterocycles. The second-order valence-electron chi connectivity index (χ2n) is 11.2. The van der Waals surface area contributed by atoms with Crippen LogP contribution in [0.4, 0.5) is 21.5 Å². The highest BCUT2D eigenvalue weighted by Crippen LogP contribution is 2.38. The van der Waals surface area contributed by atoms with Crippen LogP contribution in [-0.2, 0) is 27.3 Å². The quantitative estimate of drug-likeness (QED) is 0.259. The fraction of sp³-hybridized carbons (Fsp3) is 0.467. The van der Waals surface area contributed by atoms with E-state index >= 15 is 0 Å². The molecule has 2 amide bonds. The molecule has 9 nitrogen and oxygen atoms in total. The van der Waals surface area contributed by atoms with E-state index in [0.29, 0.717) is 22.8 Å². The summed E-state index contributed by atoms with van der Waals surface area (Å²) in [6, 6.07) is 2.74. The normalized spacial score (nSPS) is 16.0. The summed E-state index contributed by atoms with van der Waals surface area (Å²) in [6.45, 7) is 11.5. The number of amides is 2. The Balaban J connectivity index is 0.000000217. The second kappa shape index (κ2) is 13.6. The summed E-state index contributed by atoms with van der Waals surface area (Å²) in [5, 5.41) is 2.05. The molecule has 230 valence electrons. The molecular weight excluding hydrogens is 613 g/mol. The number of alkyl halides is 1. The van der Waals surface area contributed by atoms with E-state index in [1.165, 1.54) is 28.6 Å². The molecule has 1 aromatic carbocycles. The van der Waals surface area contributed by atoms with Crippen LogP contribution in [-0.4, -0.2) is 59.5 Å². The fourth-order valence-electron chi connectivity index (χ4n) is 5.14. The van der Waals surface area contributed by atoms with Crippen molar-refractivity contribution >= 4 is 63.3 Å². The van der Waals surface area contributed by atoms with E-state index in [-0.39, 0.29) is 48.0 Å². The van der Waals surface area contributed by atoms with Crippen molar-refractivity contribution in [3.8, 4) is 18.1 Å². The van der Waals surface area contributed by atoms with Crippen molar-refractivity contribution in [3.63, 3.8) is 0 Å². The van der Waals surface area contributed by atoms with Crippen molar-refractivity contribution < 1.29 is 23.5 Å². The SMILES string of the molecule is C#CCN1C(=O)COc2cc(F)c(N=c3snc4n3CC(C)(C)C4)cc21.COCC(C)N(C(=O)CCl)c1c(C)csc1C. The Morgan fingerprint density at radius 3 is 2.77 bits per heavy atom. The van der Waals surface area contributed by atoms with Gasteiger partial charge >= 0.3 is 0 Å². The van der Waals surface area contributed by atoms with E-state index in [0.717, 1.165) is 34.9 Å². The maximum atomic E-state index is 14.5. The average Bonchev–Trinajstić information content (AvgIpc) is 3.58. The van der Waals surface area contributed by atoms with Crippen LogP contribution in [0.2, 0.25) is 0 Å². The molecule has 5 rings (SSSR count). The lowest BCUT2D eigenvalue weighted by Crippen LogP contribution is -2.42. The number of nitrogens with zero attached hydrogens (tertiary/aromatic N) is 5. The van der Waals surface area contributed by atoms with E-state index in [9.17, 15) is 14.0 Å². The number of hydrogen-bond acceptors (Lipinski definition) is 8. The van der Waals surface area contributed by atoms with Gasteiger partial charge in [-0.3, -0.25) is 14.5 Å². The lowest BCUT2D eigenvalue weighted by atomic mass is 9.92. The van der Waals surface area contributed by atoms with Gasteiger partial charge in [-0.15, -0.1) is 29.4 Å². The first kappa shape index (κ1) is 32.7. The number of ether oxygens (including phenoxy) is 2. The monoisotopic (exact) mass is 647 g/mol. The summed E-state index contributed by atoms with van der Waals surface area (Å²) in [5.74, 6) is 2.83. The van der Waals surface area contributed by atoms with Crippen molar-refractivity contribution in [2.45, 2.75) is 53.6 Å².